The smallest absolute Gasteiger partial charge is 0.237 e. The molecule has 0 spiro atoms. The van der Waals surface area contributed by atoms with Crippen LogP contribution >= 0.6 is 0 Å². The predicted octanol–water partition coefficient (Wildman–Crippen LogP) is 1.00. The molecule has 1 saturated heterocycles. The first-order valence-electron chi connectivity index (χ1n) is 8.91. The lowest BCUT2D eigenvalue weighted by Crippen LogP contribution is -2.51. The zero-order chi connectivity index (χ0) is 17.2. The van der Waals surface area contributed by atoms with Gasteiger partial charge in [0, 0.05) is 63.6 Å². The number of rotatable bonds is 3. The normalized spacial score (nSPS) is 21.2. The first kappa shape index (κ1) is 16.1. The van der Waals surface area contributed by atoms with E-state index in [0.717, 1.165) is 45.2 Å². The molecule has 0 N–H and O–H groups in total. The molecule has 0 aromatic carbocycles. The van der Waals surface area contributed by atoms with Crippen molar-refractivity contribution >= 4 is 11.9 Å². The van der Waals surface area contributed by atoms with Crippen LogP contribution in [0.4, 0.5) is 5.95 Å². The minimum Gasteiger partial charge on any atom is -0.348 e. The molecule has 0 radical (unpaired) electrons. The van der Waals surface area contributed by atoms with Crippen LogP contribution in [-0.4, -0.2) is 69.5 Å². The Balaban J connectivity index is 1.32. The van der Waals surface area contributed by atoms with Crippen LogP contribution in [0.15, 0.2) is 36.8 Å². The van der Waals surface area contributed by atoms with E-state index in [1.165, 1.54) is 5.69 Å². The molecule has 4 rings (SSSR count). The number of hydrogen-bond acceptors (Lipinski definition) is 5. The maximum absolute atomic E-state index is 12.8. The predicted molar refractivity (Wildman–Crippen MR) is 95.2 cm³/mol. The van der Waals surface area contributed by atoms with E-state index >= 15 is 0 Å². The highest BCUT2D eigenvalue weighted by atomic mass is 16.2. The number of anilines is 1. The SMILES string of the molecule is C[C@H]1c2cccn2CCN1C(=O)CN1CCN(c2ncccn2)CC1. The number of nitrogens with zero attached hydrogens (tertiary/aromatic N) is 6. The zero-order valence-corrected chi connectivity index (χ0v) is 14.6. The van der Waals surface area contributed by atoms with Crippen LogP contribution in [0.3, 0.4) is 0 Å². The van der Waals surface area contributed by atoms with Gasteiger partial charge in [-0.3, -0.25) is 9.69 Å². The average molecular weight is 340 g/mol. The number of fused-ring (bicyclic) bond motifs is 1. The molecule has 1 atom stereocenters. The minimum absolute atomic E-state index is 0.148. The molecular weight excluding hydrogens is 316 g/mol. The summed E-state index contributed by atoms with van der Waals surface area (Å²) in [5.74, 6) is 1.00. The standard InChI is InChI=1S/C18H24N6O/c1-15-16-4-2-7-22(16)12-13-24(15)17(25)14-21-8-10-23(11-9-21)18-19-5-3-6-20-18/h2-7,15H,8-14H2,1H3/t15-/m0/s1. The van der Waals surface area contributed by atoms with Crippen LogP contribution < -0.4 is 4.90 Å². The van der Waals surface area contributed by atoms with Crippen LogP contribution in [0.1, 0.15) is 18.7 Å². The molecule has 2 aromatic rings. The molecule has 0 aliphatic carbocycles. The second-order valence-electron chi connectivity index (χ2n) is 6.70. The van der Waals surface area contributed by atoms with Crippen molar-refractivity contribution in [2.75, 3.05) is 44.2 Å². The Kier molecular flexibility index (Phi) is 4.40. The average Bonchev–Trinajstić information content (AvgIpc) is 3.13. The molecule has 1 fully saturated rings. The number of carbonyl (C=O) groups is 1. The molecular formula is C18H24N6O. The van der Waals surface area contributed by atoms with Gasteiger partial charge in [-0.1, -0.05) is 0 Å². The number of piperazine rings is 1. The summed E-state index contributed by atoms with van der Waals surface area (Å²) < 4.78 is 2.24. The lowest BCUT2D eigenvalue weighted by atomic mass is 10.1. The maximum Gasteiger partial charge on any atom is 0.237 e. The highest BCUT2D eigenvalue weighted by Crippen LogP contribution is 2.25. The van der Waals surface area contributed by atoms with Gasteiger partial charge in [-0.25, -0.2) is 9.97 Å². The van der Waals surface area contributed by atoms with Crippen LogP contribution in [0, 0.1) is 0 Å². The molecule has 132 valence electrons. The summed E-state index contributed by atoms with van der Waals surface area (Å²) in [6.45, 7) is 7.73. The molecule has 2 aliphatic heterocycles. The van der Waals surface area contributed by atoms with Crippen molar-refractivity contribution in [2.24, 2.45) is 0 Å². The van der Waals surface area contributed by atoms with E-state index < -0.39 is 0 Å². The van der Waals surface area contributed by atoms with Crippen molar-refractivity contribution in [3.63, 3.8) is 0 Å². The van der Waals surface area contributed by atoms with Gasteiger partial charge >= 0.3 is 0 Å². The molecule has 7 nitrogen and oxygen atoms in total. The number of amides is 1. The van der Waals surface area contributed by atoms with Gasteiger partial charge in [-0.15, -0.1) is 0 Å². The van der Waals surface area contributed by atoms with E-state index in [1.807, 2.05) is 11.0 Å². The van der Waals surface area contributed by atoms with Crippen molar-refractivity contribution in [1.29, 1.82) is 0 Å². The summed E-state index contributed by atoms with van der Waals surface area (Å²) in [6, 6.07) is 6.15. The van der Waals surface area contributed by atoms with E-state index in [4.69, 9.17) is 0 Å². The summed E-state index contributed by atoms with van der Waals surface area (Å²) >= 11 is 0. The molecule has 0 bridgehead atoms. The molecule has 0 unspecified atom stereocenters. The first-order chi connectivity index (χ1) is 12.2. The quantitative estimate of drug-likeness (QED) is 0.834. The lowest BCUT2D eigenvalue weighted by Gasteiger charge is -2.38. The molecule has 0 saturated carbocycles. The van der Waals surface area contributed by atoms with Gasteiger partial charge in [0.25, 0.3) is 0 Å². The van der Waals surface area contributed by atoms with E-state index in [-0.39, 0.29) is 11.9 Å². The van der Waals surface area contributed by atoms with Gasteiger partial charge in [-0.2, -0.15) is 0 Å². The van der Waals surface area contributed by atoms with Gasteiger partial charge in [0.15, 0.2) is 0 Å². The molecule has 2 aromatic heterocycles. The second kappa shape index (κ2) is 6.84. The number of hydrogen-bond donors (Lipinski definition) is 0. The van der Waals surface area contributed by atoms with E-state index in [2.05, 4.69) is 49.6 Å². The van der Waals surface area contributed by atoms with E-state index in [0.29, 0.717) is 6.54 Å². The fourth-order valence-electron chi connectivity index (χ4n) is 3.76. The van der Waals surface area contributed by atoms with Crippen LogP contribution in [0.25, 0.3) is 0 Å². The van der Waals surface area contributed by atoms with Crippen molar-refractivity contribution in [3.05, 3.63) is 42.5 Å². The second-order valence-corrected chi connectivity index (χ2v) is 6.70. The molecule has 1 amide bonds. The highest BCUT2D eigenvalue weighted by Gasteiger charge is 2.29. The summed E-state index contributed by atoms with van der Waals surface area (Å²) in [5, 5.41) is 0. The van der Waals surface area contributed by atoms with Gasteiger partial charge < -0.3 is 14.4 Å². The fraction of sp³-hybridized carbons (Fsp3) is 0.500. The minimum atomic E-state index is 0.148. The lowest BCUT2D eigenvalue weighted by molar-refractivity contribution is -0.135. The molecule has 7 heteroatoms. The maximum atomic E-state index is 12.8. The third kappa shape index (κ3) is 3.24. The Labute approximate surface area is 147 Å². The molecule has 2 aliphatic rings. The van der Waals surface area contributed by atoms with Gasteiger partial charge in [0.1, 0.15) is 0 Å². The van der Waals surface area contributed by atoms with Crippen LogP contribution in [0.5, 0.6) is 0 Å². The summed E-state index contributed by atoms with van der Waals surface area (Å²) in [6.07, 6.45) is 5.64. The largest absolute Gasteiger partial charge is 0.348 e. The Hall–Kier alpha value is -2.41. The van der Waals surface area contributed by atoms with Crippen molar-refractivity contribution in [3.8, 4) is 0 Å². The Morgan fingerprint density at radius 1 is 1.08 bits per heavy atom. The van der Waals surface area contributed by atoms with Crippen molar-refractivity contribution in [1.82, 2.24) is 24.3 Å². The Bertz CT molecular complexity index is 722. The van der Waals surface area contributed by atoms with Gasteiger partial charge in [0.2, 0.25) is 11.9 Å². The summed E-state index contributed by atoms with van der Waals surface area (Å²) in [4.78, 5) is 27.8. The van der Waals surface area contributed by atoms with Gasteiger partial charge in [-0.05, 0) is 25.1 Å². The fourth-order valence-corrected chi connectivity index (χ4v) is 3.76. The third-order valence-corrected chi connectivity index (χ3v) is 5.23. The van der Waals surface area contributed by atoms with Crippen molar-refractivity contribution < 1.29 is 4.79 Å². The topological polar surface area (TPSA) is 57.5 Å². The highest BCUT2D eigenvalue weighted by molar-refractivity contribution is 5.79. The van der Waals surface area contributed by atoms with Crippen LogP contribution in [-0.2, 0) is 11.3 Å². The van der Waals surface area contributed by atoms with Gasteiger partial charge in [0.05, 0.1) is 12.6 Å². The van der Waals surface area contributed by atoms with E-state index in [9.17, 15) is 4.79 Å². The molecule has 25 heavy (non-hydrogen) atoms. The first-order valence-corrected chi connectivity index (χ1v) is 8.91. The third-order valence-electron chi connectivity index (χ3n) is 5.23. The number of aromatic nitrogens is 3. The monoisotopic (exact) mass is 340 g/mol. The Morgan fingerprint density at radius 3 is 2.60 bits per heavy atom. The summed E-state index contributed by atoms with van der Waals surface area (Å²) in [5.41, 5.74) is 1.23. The molecule has 4 heterocycles. The van der Waals surface area contributed by atoms with Crippen LogP contribution in [0.2, 0.25) is 0 Å². The number of carbonyl (C=O) groups excluding carboxylic acids is 1. The Morgan fingerprint density at radius 2 is 1.84 bits per heavy atom. The van der Waals surface area contributed by atoms with Crippen molar-refractivity contribution in [2.45, 2.75) is 19.5 Å². The summed E-state index contributed by atoms with van der Waals surface area (Å²) in [7, 11) is 0. The van der Waals surface area contributed by atoms with E-state index in [1.54, 1.807) is 12.4 Å². The zero-order valence-electron chi connectivity index (χ0n) is 14.6.